The van der Waals surface area contributed by atoms with Crippen molar-refractivity contribution in [2.75, 3.05) is 6.54 Å². The van der Waals surface area contributed by atoms with Crippen LogP contribution in [0, 0.1) is 6.92 Å². The number of nitrogens with zero attached hydrogens (tertiary/aromatic N) is 1. The Kier molecular flexibility index (Phi) is 3.54. The van der Waals surface area contributed by atoms with Gasteiger partial charge in [-0.25, -0.2) is 8.42 Å². The molecule has 17 heavy (non-hydrogen) atoms. The quantitative estimate of drug-likeness (QED) is 0.812. The number of hydrogen-bond donors (Lipinski definition) is 0. The van der Waals surface area contributed by atoms with Crippen LogP contribution in [-0.2, 0) is 10.0 Å². The van der Waals surface area contributed by atoms with E-state index in [0.29, 0.717) is 11.4 Å². The lowest BCUT2D eigenvalue weighted by Crippen LogP contribution is -2.42. The first-order valence-electron chi connectivity index (χ1n) is 6.11. The van der Waals surface area contributed by atoms with Crippen molar-refractivity contribution in [1.82, 2.24) is 4.31 Å². The van der Waals surface area contributed by atoms with Gasteiger partial charge < -0.3 is 0 Å². The predicted octanol–water partition coefficient (Wildman–Crippen LogP) is 2.56. The number of piperidine rings is 1. The van der Waals surface area contributed by atoms with Crippen molar-refractivity contribution in [2.45, 2.75) is 44.0 Å². The van der Waals surface area contributed by atoms with Gasteiger partial charge in [-0.2, -0.15) is 4.31 Å². The molecule has 0 radical (unpaired) electrons. The number of hydrogen-bond acceptors (Lipinski definition) is 2. The minimum Gasteiger partial charge on any atom is -0.207 e. The molecule has 0 saturated carbocycles. The standard InChI is InChI=1S/C13H19NO2S/c1-11-7-3-4-9-13(11)17(15,16)14-10-6-5-8-12(14)2/h3-4,7,9,12H,5-6,8,10H2,1-2H3/t12-/m1/s1. The van der Waals surface area contributed by atoms with E-state index in [9.17, 15) is 8.42 Å². The maximum absolute atomic E-state index is 12.5. The monoisotopic (exact) mass is 253 g/mol. The molecule has 0 amide bonds. The topological polar surface area (TPSA) is 37.4 Å². The highest BCUT2D eigenvalue weighted by atomic mass is 32.2. The Morgan fingerprint density at radius 1 is 1.24 bits per heavy atom. The van der Waals surface area contributed by atoms with Crippen molar-refractivity contribution in [3.8, 4) is 0 Å². The molecule has 1 aromatic rings. The molecule has 0 bridgehead atoms. The van der Waals surface area contributed by atoms with Gasteiger partial charge in [-0.1, -0.05) is 24.6 Å². The summed E-state index contributed by atoms with van der Waals surface area (Å²) in [6.07, 6.45) is 3.06. The van der Waals surface area contributed by atoms with Gasteiger partial charge >= 0.3 is 0 Å². The summed E-state index contributed by atoms with van der Waals surface area (Å²) in [5.41, 5.74) is 0.824. The first-order valence-corrected chi connectivity index (χ1v) is 7.55. The maximum Gasteiger partial charge on any atom is 0.243 e. The molecule has 4 heteroatoms. The molecule has 0 N–H and O–H groups in total. The molecule has 0 spiro atoms. The molecule has 1 aliphatic rings. The van der Waals surface area contributed by atoms with Crippen LogP contribution in [0.25, 0.3) is 0 Å². The summed E-state index contributed by atoms with van der Waals surface area (Å²) < 4.78 is 26.7. The highest BCUT2D eigenvalue weighted by Gasteiger charge is 2.31. The fraction of sp³-hybridized carbons (Fsp3) is 0.538. The Morgan fingerprint density at radius 3 is 2.59 bits per heavy atom. The third-order valence-corrected chi connectivity index (χ3v) is 5.60. The van der Waals surface area contributed by atoms with Crippen LogP contribution >= 0.6 is 0 Å². The van der Waals surface area contributed by atoms with Crippen molar-refractivity contribution in [3.63, 3.8) is 0 Å². The Balaban J connectivity index is 2.39. The van der Waals surface area contributed by atoms with E-state index in [1.165, 1.54) is 0 Å². The molecular weight excluding hydrogens is 234 g/mol. The average Bonchev–Trinajstić information content (AvgIpc) is 2.29. The van der Waals surface area contributed by atoms with Gasteiger partial charge in [0.25, 0.3) is 0 Å². The minimum atomic E-state index is -3.31. The molecule has 3 nitrogen and oxygen atoms in total. The van der Waals surface area contributed by atoms with E-state index >= 15 is 0 Å². The zero-order chi connectivity index (χ0) is 12.5. The van der Waals surface area contributed by atoms with Gasteiger partial charge in [-0.05, 0) is 38.3 Å². The summed E-state index contributed by atoms with van der Waals surface area (Å²) in [4.78, 5) is 0.453. The van der Waals surface area contributed by atoms with Gasteiger partial charge in [0.2, 0.25) is 10.0 Å². The van der Waals surface area contributed by atoms with Crippen molar-refractivity contribution in [1.29, 1.82) is 0 Å². The summed E-state index contributed by atoms with van der Waals surface area (Å²) in [5, 5.41) is 0. The third kappa shape index (κ3) is 2.38. The van der Waals surface area contributed by atoms with Crippen molar-refractivity contribution >= 4 is 10.0 Å². The molecule has 94 valence electrons. The van der Waals surface area contributed by atoms with Gasteiger partial charge in [-0.3, -0.25) is 0 Å². The van der Waals surface area contributed by atoms with E-state index in [1.54, 1.807) is 16.4 Å². The van der Waals surface area contributed by atoms with Gasteiger partial charge in [0.15, 0.2) is 0 Å². The first kappa shape index (κ1) is 12.6. The molecule has 2 rings (SSSR count). The number of sulfonamides is 1. The average molecular weight is 253 g/mol. The number of benzene rings is 1. The second-order valence-corrected chi connectivity index (χ2v) is 6.59. The fourth-order valence-corrected chi connectivity index (χ4v) is 4.33. The molecule has 1 atom stereocenters. The van der Waals surface area contributed by atoms with Gasteiger partial charge in [0.05, 0.1) is 4.90 Å². The van der Waals surface area contributed by atoms with Crippen LogP contribution in [0.4, 0.5) is 0 Å². The van der Waals surface area contributed by atoms with Gasteiger partial charge in [0, 0.05) is 12.6 Å². The highest BCUT2D eigenvalue weighted by molar-refractivity contribution is 7.89. The second kappa shape index (κ2) is 4.78. The zero-order valence-corrected chi connectivity index (χ0v) is 11.2. The molecule has 1 fully saturated rings. The smallest absolute Gasteiger partial charge is 0.207 e. The Morgan fingerprint density at radius 2 is 1.94 bits per heavy atom. The maximum atomic E-state index is 12.5. The zero-order valence-electron chi connectivity index (χ0n) is 10.4. The van der Waals surface area contributed by atoms with Crippen LogP contribution in [0.15, 0.2) is 29.2 Å². The fourth-order valence-electron chi connectivity index (χ4n) is 2.40. The second-order valence-electron chi connectivity index (χ2n) is 4.73. The molecule has 0 unspecified atom stereocenters. The largest absolute Gasteiger partial charge is 0.243 e. The number of rotatable bonds is 2. The third-order valence-electron chi connectivity index (χ3n) is 3.42. The lowest BCUT2D eigenvalue weighted by molar-refractivity contribution is 0.268. The van der Waals surface area contributed by atoms with Crippen LogP contribution in [0.2, 0.25) is 0 Å². The van der Waals surface area contributed by atoms with E-state index in [2.05, 4.69) is 0 Å². The summed E-state index contributed by atoms with van der Waals surface area (Å²) in [7, 11) is -3.31. The van der Waals surface area contributed by atoms with E-state index in [1.807, 2.05) is 26.0 Å². The summed E-state index contributed by atoms with van der Waals surface area (Å²) in [6, 6.07) is 7.32. The van der Waals surface area contributed by atoms with Crippen LogP contribution in [0.1, 0.15) is 31.7 Å². The lowest BCUT2D eigenvalue weighted by Gasteiger charge is -2.32. The molecular formula is C13H19NO2S. The van der Waals surface area contributed by atoms with Crippen LogP contribution in [0.5, 0.6) is 0 Å². The molecule has 1 aliphatic heterocycles. The van der Waals surface area contributed by atoms with E-state index in [-0.39, 0.29) is 6.04 Å². The Labute approximate surface area is 104 Å². The predicted molar refractivity (Wildman–Crippen MR) is 68.4 cm³/mol. The summed E-state index contributed by atoms with van der Waals surface area (Å²) in [5.74, 6) is 0. The Bertz CT molecular complexity index is 496. The molecule has 0 aliphatic carbocycles. The van der Waals surface area contributed by atoms with Crippen molar-refractivity contribution < 1.29 is 8.42 Å². The van der Waals surface area contributed by atoms with Crippen molar-refractivity contribution in [3.05, 3.63) is 29.8 Å². The molecule has 1 heterocycles. The molecule has 0 aromatic heterocycles. The summed E-state index contributed by atoms with van der Waals surface area (Å²) >= 11 is 0. The molecule has 1 saturated heterocycles. The van der Waals surface area contributed by atoms with Crippen LogP contribution in [-0.4, -0.2) is 25.3 Å². The van der Waals surface area contributed by atoms with E-state index in [4.69, 9.17) is 0 Å². The number of aryl methyl sites for hydroxylation is 1. The van der Waals surface area contributed by atoms with Crippen LogP contribution < -0.4 is 0 Å². The van der Waals surface area contributed by atoms with E-state index < -0.39 is 10.0 Å². The Hall–Kier alpha value is -0.870. The SMILES string of the molecule is Cc1ccccc1S(=O)(=O)N1CCCC[C@H]1C. The first-order chi connectivity index (χ1) is 8.03. The van der Waals surface area contributed by atoms with Gasteiger partial charge in [-0.15, -0.1) is 0 Å². The normalized spacial score (nSPS) is 22.6. The molecule has 1 aromatic carbocycles. The van der Waals surface area contributed by atoms with Crippen molar-refractivity contribution in [2.24, 2.45) is 0 Å². The highest BCUT2D eigenvalue weighted by Crippen LogP contribution is 2.26. The van der Waals surface area contributed by atoms with E-state index in [0.717, 1.165) is 24.8 Å². The summed E-state index contributed by atoms with van der Waals surface area (Å²) in [6.45, 7) is 4.49. The lowest BCUT2D eigenvalue weighted by atomic mass is 10.1. The minimum absolute atomic E-state index is 0.119. The van der Waals surface area contributed by atoms with Crippen LogP contribution in [0.3, 0.4) is 0 Å². The van der Waals surface area contributed by atoms with Gasteiger partial charge in [0.1, 0.15) is 0 Å².